The Bertz CT molecular complexity index is 884. The second-order valence-corrected chi connectivity index (χ2v) is 4.72. The molecule has 0 bridgehead atoms. The van der Waals surface area contributed by atoms with Gasteiger partial charge in [-0.25, -0.2) is 4.79 Å². The number of anilines is 1. The standard InChI is InChI=1S/C15H11NO4/c17-12-7-19-14-10(16-12)6-5-9-8-3-1-2-4-11(8)20-15(18)13(9)14/h1-6,12,16-17H,7H2. The van der Waals surface area contributed by atoms with Crippen molar-refractivity contribution >= 4 is 27.4 Å². The summed E-state index contributed by atoms with van der Waals surface area (Å²) >= 11 is 0. The Morgan fingerprint density at radius 1 is 1.15 bits per heavy atom. The van der Waals surface area contributed by atoms with E-state index in [1.54, 1.807) is 12.1 Å². The summed E-state index contributed by atoms with van der Waals surface area (Å²) in [6.07, 6.45) is -0.771. The first-order chi connectivity index (χ1) is 9.74. The lowest BCUT2D eigenvalue weighted by Gasteiger charge is -2.24. The molecule has 1 aliphatic heterocycles. The molecule has 0 amide bonds. The molecule has 2 heterocycles. The molecule has 4 rings (SSSR count). The molecular formula is C15H11NO4. The normalized spacial score (nSPS) is 17.6. The molecule has 0 aliphatic carbocycles. The van der Waals surface area contributed by atoms with Crippen LogP contribution in [0.4, 0.5) is 5.69 Å². The van der Waals surface area contributed by atoms with Crippen molar-refractivity contribution in [3.63, 3.8) is 0 Å². The summed E-state index contributed by atoms with van der Waals surface area (Å²) in [6.45, 7) is 0.0956. The van der Waals surface area contributed by atoms with E-state index >= 15 is 0 Å². The van der Waals surface area contributed by atoms with Crippen molar-refractivity contribution in [1.82, 2.24) is 0 Å². The summed E-state index contributed by atoms with van der Waals surface area (Å²) in [4.78, 5) is 12.2. The number of ether oxygens (including phenoxy) is 1. The van der Waals surface area contributed by atoms with Crippen LogP contribution >= 0.6 is 0 Å². The van der Waals surface area contributed by atoms with E-state index < -0.39 is 11.9 Å². The topological polar surface area (TPSA) is 71.7 Å². The van der Waals surface area contributed by atoms with Crippen molar-refractivity contribution < 1.29 is 14.3 Å². The van der Waals surface area contributed by atoms with Gasteiger partial charge in [0.2, 0.25) is 0 Å². The Hall–Kier alpha value is -2.53. The minimum absolute atomic E-state index is 0.0956. The van der Waals surface area contributed by atoms with E-state index in [-0.39, 0.29) is 6.61 Å². The summed E-state index contributed by atoms with van der Waals surface area (Å²) in [7, 11) is 0. The van der Waals surface area contributed by atoms with Crippen molar-refractivity contribution in [2.75, 3.05) is 11.9 Å². The minimum Gasteiger partial charge on any atom is -0.486 e. The third-order valence-corrected chi connectivity index (χ3v) is 3.45. The smallest absolute Gasteiger partial charge is 0.348 e. The van der Waals surface area contributed by atoms with Crippen molar-refractivity contribution in [2.24, 2.45) is 0 Å². The molecule has 2 N–H and O–H groups in total. The lowest BCUT2D eigenvalue weighted by molar-refractivity contribution is 0.120. The Labute approximate surface area is 113 Å². The fourth-order valence-corrected chi connectivity index (χ4v) is 2.59. The highest BCUT2D eigenvalue weighted by atomic mass is 16.5. The zero-order chi connectivity index (χ0) is 13.7. The van der Waals surface area contributed by atoms with Gasteiger partial charge in [-0.05, 0) is 12.1 Å². The molecule has 1 aliphatic rings. The number of aliphatic hydroxyl groups is 1. The molecule has 1 atom stereocenters. The van der Waals surface area contributed by atoms with E-state index in [0.29, 0.717) is 22.4 Å². The zero-order valence-electron chi connectivity index (χ0n) is 10.4. The summed E-state index contributed by atoms with van der Waals surface area (Å²) in [5.74, 6) is 0.437. The maximum absolute atomic E-state index is 12.2. The molecule has 0 saturated carbocycles. The molecule has 5 nitrogen and oxygen atoms in total. The maximum Gasteiger partial charge on any atom is 0.348 e. The summed E-state index contributed by atoms with van der Waals surface area (Å²) in [6, 6.07) is 11.0. The van der Waals surface area contributed by atoms with Crippen LogP contribution in [0.3, 0.4) is 0 Å². The predicted octanol–water partition coefficient (Wildman–Crippen LogP) is 2.07. The van der Waals surface area contributed by atoms with Gasteiger partial charge in [0.05, 0.1) is 5.69 Å². The number of rotatable bonds is 0. The minimum atomic E-state index is -0.771. The van der Waals surface area contributed by atoms with E-state index in [1.807, 2.05) is 24.3 Å². The largest absolute Gasteiger partial charge is 0.486 e. The highest BCUT2D eigenvalue weighted by molar-refractivity contribution is 6.08. The maximum atomic E-state index is 12.2. The van der Waals surface area contributed by atoms with Gasteiger partial charge >= 0.3 is 5.63 Å². The van der Waals surface area contributed by atoms with E-state index in [1.165, 1.54) is 0 Å². The van der Waals surface area contributed by atoms with E-state index in [9.17, 15) is 9.90 Å². The van der Waals surface area contributed by atoms with Gasteiger partial charge in [-0.3, -0.25) is 0 Å². The van der Waals surface area contributed by atoms with Crippen LogP contribution in [0.2, 0.25) is 0 Å². The van der Waals surface area contributed by atoms with Crippen LogP contribution in [-0.2, 0) is 0 Å². The van der Waals surface area contributed by atoms with Crippen LogP contribution in [0.15, 0.2) is 45.6 Å². The van der Waals surface area contributed by atoms with Crippen LogP contribution in [0, 0.1) is 0 Å². The second-order valence-electron chi connectivity index (χ2n) is 4.72. The zero-order valence-corrected chi connectivity index (χ0v) is 10.4. The molecule has 100 valence electrons. The van der Waals surface area contributed by atoms with Gasteiger partial charge in [0.15, 0.2) is 12.0 Å². The van der Waals surface area contributed by atoms with Crippen molar-refractivity contribution in [3.8, 4) is 5.75 Å². The predicted molar refractivity (Wildman–Crippen MR) is 75.1 cm³/mol. The number of benzene rings is 2. The molecule has 3 aromatic rings. The van der Waals surface area contributed by atoms with Crippen LogP contribution in [0.1, 0.15) is 0 Å². The molecule has 1 aromatic heterocycles. The quantitative estimate of drug-likeness (QED) is 0.483. The van der Waals surface area contributed by atoms with Crippen molar-refractivity contribution in [2.45, 2.75) is 6.23 Å². The first-order valence-electron chi connectivity index (χ1n) is 6.30. The van der Waals surface area contributed by atoms with Crippen LogP contribution in [0.5, 0.6) is 5.75 Å². The average molecular weight is 269 g/mol. The van der Waals surface area contributed by atoms with E-state index in [4.69, 9.17) is 9.15 Å². The molecule has 20 heavy (non-hydrogen) atoms. The number of nitrogens with one attached hydrogen (secondary N) is 1. The van der Waals surface area contributed by atoms with Gasteiger partial charge in [-0.2, -0.15) is 0 Å². The Morgan fingerprint density at radius 2 is 2.00 bits per heavy atom. The van der Waals surface area contributed by atoms with Crippen LogP contribution in [0.25, 0.3) is 21.7 Å². The Morgan fingerprint density at radius 3 is 2.90 bits per heavy atom. The molecule has 1 unspecified atom stereocenters. The highest BCUT2D eigenvalue weighted by Gasteiger charge is 2.22. The van der Waals surface area contributed by atoms with E-state index in [2.05, 4.69) is 5.32 Å². The average Bonchev–Trinajstić information content (AvgIpc) is 2.46. The first-order valence-corrected chi connectivity index (χ1v) is 6.30. The number of para-hydroxylation sites is 1. The SMILES string of the molecule is O=c1oc2ccccc2c2ccc3c(c12)OCC(O)N3. The lowest BCUT2D eigenvalue weighted by Crippen LogP contribution is -2.31. The highest BCUT2D eigenvalue weighted by Crippen LogP contribution is 2.37. The Balaban J connectivity index is 2.16. The molecule has 0 spiro atoms. The lowest BCUT2D eigenvalue weighted by atomic mass is 10.1. The van der Waals surface area contributed by atoms with E-state index in [0.717, 1.165) is 10.8 Å². The molecule has 0 radical (unpaired) electrons. The van der Waals surface area contributed by atoms with Gasteiger partial charge in [0.1, 0.15) is 17.6 Å². The van der Waals surface area contributed by atoms with Crippen LogP contribution in [-0.4, -0.2) is 17.9 Å². The first kappa shape index (κ1) is 11.3. The summed E-state index contributed by atoms with van der Waals surface area (Å²) < 4.78 is 10.8. The third kappa shape index (κ3) is 1.50. The number of aliphatic hydroxyl groups excluding tert-OH is 1. The third-order valence-electron chi connectivity index (χ3n) is 3.45. The van der Waals surface area contributed by atoms with Gasteiger partial charge in [-0.15, -0.1) is 0 Å². The van der Waals surface area contributed by atoms with Gasteiger partial charge < -0.3 is 19.6 Å². The molecule has 0 saturated heterocycles. The van der Waals surface area contributed by atoms with Crippen LogP contribution < -0.4 is 15.7 Å². The number of hydrogen-bond donors (Lipinski definition) is 2. The van der Waals surface area contributed by atoms with Gasteiger partial charge in [0, 0.05) is 10.8 Å². The molecular weight excluding hydrogens is 258 g/mol. The fraction of sp³-hybridized carbons (Fsp3) is 0.133. The Kier molecular flexibility index (Phi) is 2.25. The van der Waals surface area contributed by atoms with Gasteiger partial charge in [0.25, 0.3) is 0 Å². The number of hydrogen-bond acceptors (Lipinski definition) is 5. The monoisotopic (exact) mass is 269 g/mol. The molecule has 2 aromatic carbocycles. The molecule has 0 fully saturated rings. The van der Waals surface area contributed by atoms with Gasteiger partial charge in [-0.1, -0.05) is 24.3 Å². The second kappa shape index (κ2) is 3.98. The number of fused-ring (bicyclic) bond motifs is 5. The summed E-state index contributed by atoms with van der Waals surface area (Å²) in [5.41, 5.74) is 0.710. The summed E-state index contributed by atoms with van der Waals surface area (Å²) in [5, 5.41) is 14.5. The fourth-order valence-electron chi connectivity index (χ4n) is 2.59. The van der Waals surface area contributed by atoms with Crippen molar-refractivity contribution in [3.05, 3.63) is 46.8 Å². The molecule has 5 heteroatoms. The van der Waals surface area contributed by atoms with Crippen molar-refractivity contribution in [1.29, 1.82) is 0 Å².